The predicted molar refractivity (Wildman–Crippen MR) is 111 cm³/mol. The Hall–Kier alpha value is -1.84. The largest absolute Gasteiger partial charge is 0.479 e. The number of hydrogen-bond donors (Lipinski definition) is 1. The monoisotopic (exact) mass is 458 g/mol. The van der Waals surface area contributed by atoms with Crippen LogP contribution in [0.2, 0.25) is 10.0 Å². The lowest BCUT2D eigenvalue weighted by atomic mass is 10.3. The van der Waals surface area contributed by atoms with Crippen LogP contribution >= 0.6 is 23.2 Å². The molecule has 3 rings (SSSR count). The second-order valence-electron chi connectivity index (χ2n) is 6.36. The number of ether oxygens (including phenoxy) is 2. The van der Waals surface area contributed by atoms with Crippen molar-refractivity contribution in [2.24, 2.45) is 0 Å². The molecule has 0 radical (unpaired) electrons. The third-order valence-corrected chi connectivity index (χ3v) is 6.74. The number of sulfonamides is 1. The number of carbonyl (C=O) groups excluding carboxylic acids is 1. The number of morpholine rings is 1. The molecule has 0 bridgehead atoms. The van der Waals surface area contributed by atoms with Crippen molar-refractivity contribution < 1.29 is 22.7 Å². The summed E-state index contributed by atoms with van der Waals surface area (Å²) in [4.78, 5) is 12.5. The fourth-order valence-corrected chi connectivity index (χ4v) is 4.57. The standard InChI is InChI=1S/C19H20Cl2N2O5S/c1-13(28-18-7-2-14(20)12-17(18)21)19(24)22-15-3-5-16(6-4-15)29(25,26)23-8-10-27-11-9-23/h2-7,12-13H,8-11H2,1H3,(H,22,24)/t13-/m0/s1. The molecule has 1 fully saturated rings. The number of nitrogens with zero attached hydrogens (tertiary/aromatic N) is 1. The summed E-state index contributed by atoms with van der Waals surface area (Å²) in [5, 5.41) is 3.45. The molecular weight excluding hydrogens is 439 g/mol. The number of amides is 1. The highest BCUT2D eigenvalue weighted by Crippen LogP contribution is 2.28. The Labute approximate surface area is 179 Å². The van der Waals surface area contributed by atoms with Gasteiger partial charge < -0.3 is 14.8 Å². The van der Waals surface area contributed by atoms with Crippen LogP contribution in [-0.2, 0) is 19.6 Å². The number of hydrogen-bond acceptors (Lipinski definition) is 5. The maximum Gasteiger partial charge on any atom is 0.265 e. The Morgan fingerprint density at radius 2 is 1.79 bits per heavy atom. The summed E-state index contributed by atoms with van der Waals surface area (Å²) in [6.07, 6.45) is -0.828. The van der Waals surface area contributed by atoms with Crippen molar-refractivity contribution in [3.63, 3.8) is 0 Å². The number of carbonyl (C=O) groups is 1. The van der Waals surface area contributed by atoms with Crippen molar-refractivity contribution in [2.45, 2.75) is 17.9 Å². The zero-order valence-corrected chi connectivity index (χ0v) is 17.9. The summed E-state index contributed by atoms with van der Waals surface area (Å²) in [5.41, 5.74) is 0.452. The van der Waals surface area contributed by atoms with Crippen LogP contribution in [0.4, 0.5) is 5.69 Å². The fourth-order valence-electron chi connectivity index (χ4n) is 2.70. The Balaban J connectivity index is 1.63. The van der Waals surface area contributed by atoms with Crippen LogP contribution in [0.5, 0.6) is 5.75 Å². The number of anilines is 1. The molecule has 0 spiro atoms. The molecule has 29 heavy (non-hydrogen) atoms. The van der Waals surface area contributed by atoms with Crippen LogP contribution in [0, 0.1) is 0 Å². The van der Waals surface area contributed by atoms with Crippen LogP contribution in [0.15, 0.2) is 47.4 Å². The van der Waals surface area contributed by atoms with Crippen molar-refractivity contribution in [1.82, 2.24) is 4.31 Å². The molecule has 0 aliphatic carbocycles. The van der Waals surface area contributed by atoms with E-state index in [0.717, 1.165) is 0 Å². The molecule has 1 atom stereocenters. The third kappa shape index (κ3) is 5.40. The van der Waals surface area contributed by atoms with Crippen LogP contribution in [0.25, 0.3) is 0 Å². The van der Waals surface area contributed by atoms with Gasteiger partial charge in [-0.15, -0.1) is 0 Å². The smallest absolute Gasteiger partial charge is 0.265 e. The topological polar surface area (TPSA) is 84.9 Å². The van der Waals surface area contributed by atoms with Crippen molar-refractivity contribution in [1.29, 1.82) is 0 Å². The molecule has 1 saturated heterocycles. The summed E-state index contributed by atoms with van der Waals surface area (Å²) in [6, 6.07) is 10.7. The molecule has 0 unspecified atom stereocenters. The molecule has 1 aliphatic rings. The number of nitrogens with one attached hydrogen (secondary N) is 1. The second-order valence-corrected chi connectivity index (χ2v) is 9.15. The van der Waals surface area contributed by atoms with Gasteiger partial charge in [-0.3, -0.25) is 4.79 Å². The van der Waals surface area contributed by atoms with Crippen molar-refractivity contribution >= 4 is 44.8 Å². The minimum Gasteiger partial charge on any atom is -0.479 e. The molecule has 0 aromatic heterocycles. The van der Waals surface area contributed by atoms with Gasteiger partial charge in [-0.05, 0) is 49.4 Å². The Morgan fingerprint density at radius 1 is 1.14 bits per heavy atom. The Kier molecular flexibility index (Phi) is 7.02. The molecule has 1 N–H and O–H groups in total. The molecule has 156 valence electrons. The number of rotatable bonds is 6. The van der Waals surface area contributed by atoms with Gasteiger partial charge in [0.15, 0.2) is 6.10 Å². The van der Waals surface area contributed by atoms with E-state index in [-0.39, 0.29) is 4.90 Å². The van der Waals surface area contributed by atoms with E-state index in [1.54, 1.807) is 19.1 Å². The van der Waals surface area contributed by atoms with E-state index in [2.05, 4.69) is 5.32 Å². The number of benzene rings is 2. The SMILES string of the molecule is C[C@H](Oc1ccc(Cl)cc1Cl)C(=O)Nc1ccc(S(=O)(=O)N2CCOCC2)cc1. The van der Waals surface area contributed by atoms with Crippen LogP contribution < -0.4 is 10.1 Å². The normalized spacial score (nSPS) is 16.2. The summed E-state index contributed by atoms with van der Waals surface area (Å²) >= 11 is 11.9. The maximum absolute atomic E-state index is 12.6. The van der Waals surface area contributed by atoms with Crippen molar-refractivity contribution in [3.8, 4) is 5.75 Å². The quantitative estimate of drug-likeness (QED) is 0.716. The van der Waals surface area contributed by atoms with Crippen molar-refractivity contribution in [3.05, 3.63) is 52.5 Å². The summed E-state index contributed by atoms with van der Waals surface area (Å²) in [6.45, 7) is 2.98. The van der Waals surface area contributed by atoms with E-state index in [1.807, 2.05) is 0 Å². The average molecular weight is 459 g/mol. The van der Waals surface area contributed by atoms with E-state index in [9.17, 15) is 13.2 Å². The molecule has 2 aromatic rings. The van der Waals surface area contributed by atoms with Gasteiger partial charge in [0.05, 0.1) is 23.1 Å². The van der Waals surface area contributed by atoms with E-state index >= 15 is 0 Å². The van der Waals surface area contributed by atoms with Gasteiger partial charge in [-0.1, -0.05) is 23.2 Å². The van der Waals surface area contributed by atoms with Crippen LogP contribution in [0.3, 0.4) is 0 Å². The maximum atomic E-state index is 12.6. The predicted octanol–water partition coefficient (Wildman–Crippen LogP) is 3.42. The zero-order valence-electron chi connectivity index (χ0n) is 15.6. The first-order valence-electron chi connectivity index (χ1n) is 8.88. The number of halogens is 2. The Morgan fingerprint density at radius 3 is 2.41 bits per heavy atom. The van der Waals surface area contributed by atoms with Crippen LogP contribution in [0.1, 0.15) is 6.92 Å². The molecule has 2 aromatic carbocycles. The zero-order chi connectivity index (χ0) is 21.0. The summed E-state index contributed by atoms with van der Waals surface area (Å²) in [7, 11) is -3.58. The van der Waals surface area contributed by atoms with Crippen molar-refractivity contribution in [2.75, 3.05) is 31.6 Å². The van der Waals surface area contributed by atoms with Gasteiger partial charge in [0.1, 0.15) is 5.75 Å². The molecule has 10 heteroatoms. The average Bonchev–Trinajstić information content (AvgIpc) is 2.71. The highest BCUT2D eigenvalue weighted by molar-refractivity contribution is 7.89. The lowest BCUT2D eigenvalue weighted by Crippen LogP contribution is -2.40. The molecule has 7 nitrogen and oxygen atoms in total. The van der Waals surface area contributed by atoms with Gasteiger partial charge in [0.2, 0.25) is 10.0 Å². The van der Waals surface area contributed by atoms with Gasteiger partial charge in [-0.25, -0.2) is 8.42 Å². The minimum absolute atomic E-state index is 0.162. The molecule has 1 heterocycles. The lowest BCUT2D eigenvalue weighted by molar-refractivity contribution is -0.122. The first kappa shape index (κ1) is 21.9. The second kappa shape index (κ2) is 9.32. The highest BCUT2D eigenvalue weighted by Gasteiger charge is 2.26. The van der Waals surface area contributed by atoms with Gasteiger partial charge in [-0.2, -0.15) is 4.31 Å². The molecule has 1 aliphatic heterocycles. The Bertz CT molecular complexity index is 977. The first-order chi connectivity index (χ1) is 13.8. The minimum atomic E-state index is -3.58. The van der Waals surface area contributed by atoms with Gasteiger partial charge in [0, 0.05) is 23.8 Å². The van der Waals surface area contributed by atoms with Gasteiger partial charge in [0.25, 0.3) is 5.91 Å². The third-order valence-electron chi connectivity index (χ3n) is 4.30. The summed E-state index contributed by atoms with van der Waals surface area (Å²) in [5.74, 6) is -0.0644. The van der Waals surface area contributed by atoms with Gasteiger partial charge >= 0.3 is 0 Å². The van der Waals surface area contributed by atoms with Crippen LogP contribution in [-0.4, -0.2) is 51.0 Å². The molecular formula is C19H20Cl2N2O5S. The first-order valence-corrected chi connectivity index (χ1v) is 11.1. The molecule has 1 amide bonds. The van der Waals surface area contributed by atoms with E-state index in [4.69, 9.17) is 32.7 Å². The van der Waals surface area contributed by atoms with E-state index in [1.165, 1.54) is 34.6 Å². The highest BCUT2D eigenvalue weighted by atomic mass is 35.5. The summed E-state index contributed by atoms with van der Waals surface area (Å²) < 4.78 is 37.4. The van der Waals surface area contributed by atoms with E-state index in [0.29, 0.717) is 47.8 Å². The molecule has 0 saturated carbocycles. The fraction of sp³-hybridized carbons (Fsp3) is 0.316. The van der Waals surface area contributed by atoms with E-state index < -0.39 is 22.0 Å². The lowest BCUT2D eigenvalue weighted by Gasteiger charge is -2.26.